The van der Waals surface area contributed by atoms with Crippen LogP contribution < -0.4 is 15.2 Å². The van der Waals surface area contributed by atoms with Gasteiger partial charge in [-0.05, 0) is 12.1 Å². The van der Waals surface area contributed by atoms with Gasteiger partial charge in [0.05, 0.1) is 19.3 Å². The monoisotopic (exact) mass is 238 g/mol. The number of ether oxygens (including phenoxy) is 3. The summed E-state index contributed by atoms with van der Waals surface area (Å²) < 4.78 is 15.6. The van der Waals surface area contributed by atoms with Crippen LogP contribution >= 0.6 is 0 Å². The quantitative estimate of drug-likeness (QED) is 0.427. The molecule has 0 atom stereocenters. The molecule has 0 heterocycles. The van der Waals surface area contributed by atoms with E-state index in [0.717, 1.165) is 6.42 Å². The minimum atomic E-state index is -0.0191. The number of benzene rings is 1. The molecule has 0 aliphatic rings. The van der Waals surface area contributed by atoms with Gasteiger partial charge in [-0.15, -0.1) is 0 Å². The van der Waals surface area contributed by atoms with Crippen LogP contribution in [0.15, 0.2) is 18.2 Å². The first-order chi connectivity index (χ1) is 8.19. The van der Waals surface area contributed by atoms with E-state index >= 15 is 0 Å². The van der Waals surface area contributed by atoms with Crippen LogP contribution in [0.2, 0.25) is 0 Å². The summed E-state index contributed by atoms with van der Waals surface area (Å²) >= 11 is 0. The van der Waals surface area contributed by atoms with Crippen molar-refractivity contribution in [2.75, 3.05) is 27.4 Å². The lowest BCUT2D eigenvalue weighted by Gasteiger charge is -2.11. The Hall–Kier alpha value is -1.75. The summed E-state index contributed by atoms with van der Waals surface area (Å²) in [6, 6.07) is 5.19. The molecule has 17 heavy (non-hydrogen) atoms. The van der Waals surface area contributed by atoms with E-state index in [1.807, 2.05) is 0 Å². The maximum Gasteiger partial charge on any atom is 0.133 e. The Morgan fingerprint density at radius 2 is 2.06 bits per heavy atom. The van der Waals surface area contributed by atoms with Gasteiger partial charge in [-0.2, -0.15) is 0 Å². The van der Waals surface area contributed by atoms with Crippen LogP contribution in [0.5, 0.6) is 11.5 Å². The van der Waals surface area contributed by atoms with E-state index < -0.39 is 0 Å². The Bertz CT molecular complexity index is 380. The predicted molar refractivity (Wildman–Crippen MR) is 66.0 cm³/mol. The molecule has 1 aromatic rings. The molecule has 0 spiro atoms. The Kier molecular flexibility index (Phi) is 5.29. The van der Waals surface area contributed by atoms with Crippen molar-refractivity contribution in [1.29, 1.82) is 5.41 Å². The molecule has 1 aromatic carbocycles. The van der Waals surface area contributed by atoms with Crippen molar-refractivity contribution in [3.8, 4) is 11.5 Å². The molecule has 5 nitrogen and oxygen atoms in total. The van der Waals surface area contributed by atoms with Crippen molar-refractivity contribution in [1.82, 2.24) is 0 Å². The normalized spacial score (nSPS) is 10.0. The zero-order chi connectivity index (χ0) is 12.7. The van der Waals surface area contributed by atoms with Crippen LogP contribution in [0, 0.1) is 5.41 Å². The Morgan fingerprint density at radius 3 is 2.65 bits per heavy atom. The summed E-state index contributed by atoms with van der Waals surface area (Å²) in [5.74, 6) is 1.22. The predicted octanol–water partition coefficient (Wildman–Crippen LogP) is 1.39. The smallest absolute Gasteiger partial charge is 0.133 e. The zero-order valence-corrected chi connectivity index (χ0v) is 10.2. The lowest BCUT2D eigenvalue weighted by atomic mass is 10.2. The van der Waals surface area contributed by atoms with E-state index in [0.29, 0.717) is 30.3 Å². The zero-order valence-electron chi connectivity index (χ0n) is 10.2. The van der Waals surface area contributed by atoms with Gasteiger partial charge >= 0.3 is 0 Å². The molecule has 1 rings (SSSR count). The van der Waals surface area contributed by atoms with Gasteiger partial charge < -0.3 is 19.9 Å². The molecular weight excluding hydrogens is 220 g/mol. The highest BCUT2D eigenvalue weighted by atomic mass is 16.5. The first-order valence-electron chi connectivity index (χ1n) is 5.33. The molecule has 0 radical (unpaired) electrons. The van der Waals surface area contributed by atoms with Gasteiger partial charge in [0.1, 0.15) is 17.3 Å². The van der Waals surface area contributed by atoms with Crippen LogP contribution in [-0.2, 0) is 4.74 Å². The van der Waals surface area contributed by atoms with Crippen LogP contribution in [0.25, 0.3) is 0 Å². The molecular formula is C12H18N2O3. The number of nitrogens with one attached hydrogen (secondary N) is 1. The highest BCUT2D eigenvalue weighted by Gasteiger charge is 2.08. The molecule has 5 heteroatoms. The maximum absolute atomic E-state index is 7.45. The molecule has 3 N–H and O–H groups in total. The fraction of sp³-hybridized carbons (Fsp3) is 0.417. The van der Waals surface area contributed by atoms with Crippen LogP contribution in [0.4, 0.5) is 0 Å². The van der Waals surface area contributed by atoms with Crippen LogP contribution in [-0.4, -0.2) is 33.3 Å². The second-order valence-electron chi connectivity index (χ2n) is 3.47. The highest BCUT2D eigenvalue weighted by Crippen LogP contribution is 2.24. The van der Waals surface area contributed by atoms with Crippen molar-refractivity contribution < 1.29 is 14.2 Å². The van der Waals surface area contributed by atoms with Gasteiger partial charge in [0.15, 0.2) is 0 Å². The molecule has 0 aliphatic heterocycles. The number of nitrogens with two attached hydrogens (primary N) is 1. The van der Waals surface area contributed by atoms with Gasteiger partial charge in [-0.25, -0.2) is 0 Å². The molecule has 0 fully saturated rings. The Labute approximate surface area is 101 Å². The van der Waals surface area contributed by atoms with E-state index in [4.69, 9.17) is 25.4 Å². The number of hydrogen-bond acceptors (Lipinski definition) is 4. The summed E-state index contributed by atoms with van der Waals surface area (Å²) in [5, 5.41) is 7.45. The van der Waals surface area contributed by atoms with Crippen molar-refractivity contribution in [2.45, 2.75) is 6.42 Å². The van der Waals surface area contributed by atoms with E-state index in [-0.39, 0.29) is 5.84 Å². The number of nitrogen functional groups attached to an aromatic ring is 1. The SMILES string of the molecule is COCCCOc1cc(OC)ccc1C(=N)N. The topological polar surface area (TPSA) is 77.6 Å². The summed E-state index contributed by atoms with van der Waals surface area (Å²) in [6.07, 6.45) is 0.783. The van der Waals surface area contributed by atoms with Crippen LogP contribution in [0.1, 0.15) is 12.0 Å². The molecule has 0 aliphatic carbocycles. The number of amidine groups is 1. The summed E-state index contributed by atoms with van der Waals surface area (Å²) in [4.78, 5) is 0. The molecule has 94 valence electrons. The molecule has 0 bridgehead atoms. The first kappa shape index (κ1) is 13.3. The first-order valence-corrected chi connectivity index (χ1v) is 5.33. The summed E-state index contributed by atoms with van der Waals surface area (Å²) in [5.41, 5.74) is 6.05. The van der Waals surface area contributed by atoms with Crippen molar-refractivity contribution in [3.63, 3.8) is 0 Å². The van der Waals surface area contributed by atoms with Gasteiger partial charge in [-0.1, -0.05) is 0 Å². The fourth-order valence-corrected chi connectivity index (χ4v) is 1.36. The third kappa shape index (κ3) is 3.96. The Morgan fingerprint density at radius 1 is 1.29 bits per heavy atom. The lowest BCUT2D eigenvalue weighted by molar-refractivity contribution is 0.172. The average Bonchev–Trinajstić information content (AvgIpc) is 2.34. The van der Waals surface area contributed by atoms with Gasteiger partial charge in [0.2, 0.25) is 0 Å². The Balaban J connectivity index is 2.75. The highest BCUT2D eigenvalue weighted by molar-refractivity contribution is 5.97. The van der Waals surface area contributed by atoms with E-state index in [1.54, 1.807) is 32.4 Å². The molecule has 0 aromatic heterocycles. The minimum absolute atomic E-state index is 0.0191. The van der Waals surface area contributed by atoms with E-state index in [9.17, 15) is 0 Å². The third-order valence-electron chi connectivity index (χ3n) is 2.23. The number of hydrogen-bond donors (Lipinski definition) is 2. The molecule has 0 saturated heterocycles. The summed E-state index contributed by atoms with van der Waals surface area (Å²) in [7, 11) is 3.23. The van der Waals surface area contributed by atoms with Gasteiger partial charge in [0.25, 0.3) is 0 Å². The fourth-order valence-electron chi connectivity index (χ4n) is 1.36. The molecule has 0 unspecified atom stereocenters. The average molecular weight is 238 g/mol. The second kappa shape index (κ2) is 6.75. The summed E-state index contributed by atoms with van der Waals surface area (Å²) in [6.45, 7) is 1.15. The number of rotatable bonds is 7. The standard InChI is InChI=1S/C12H18N2O3/c1-15-6-3-7-17-11-8-9(16-2)4-5-10(11)12(13)14/h4-5,8H,3,6-7H2,1-2H3,(H3,13,14). The van der Waals surface area contributed by atoms with Crippen molar-refractivity contribution in [2.24, 2.45) is 5.73 Å². The van der Waals surface area contributed by atoms with Gasteiger partial charge in [-0.3, -0.25) is 5.41 Å². The minimum Gasteiger partial charge on any atom is -0.497 e. The van der Waals surface area contributed by atoms with Crippen molar-refractivity contribution in [3.05, 3.63) is 23.8 Å². The second-order valence-corrected chi connectivity index (χ2v) is 3.47. The maximum atomic E-state index is 7.45. The largest absolute Gasteiger partial charge is 0.497 e. The molecule has 0 amide bonds. The van der Waals surface area contributed by atoms with Crippen LogP contribution in [0.3, 0.4) is 0 Å². The lowest BCUT2D eigenvalue weighted by Crippen LogP contribution is -2.14. The van der Waals surface area contributed by atoms with Gasteiger partial charge in [0, 0.05) is 26.2 Å². The molecule has 0 saturated carbocycles. The van der Waals surface area contributed by atoms with E-state index in [2.05, 4.69) is 0 Å². The number of methoxy groups -OCH3 is 2. The third-order valence-corrected chi connectivity index (χ3v) is 2.23. The van der Waals surface area contributed by atoms with E-state index in [1.165, 1.54) is 0 Å². The van der Waals surface area contributed by atoms with Crippen molar-refractivity contribution >= 4 is 5.84 Å².